The number of carbonyl (C=O) groups is 1. The highest BCUT2D eigenvalue weighted by Gasteiger charge is 2.22. The number of carbonyl (C=O) groups excluding carboxylic acids is 1. The Balaban J connectivity index is 2.72. The Kier molecular flexibility index (Phi) is 6.25. The number of hydrogen-bond donors (Lipinski definition) is 0. The molecule has 0 radical (unpaired) electrons. The fourth-order valence-corrected chi connectivity index (χ4v) is 1.63. The number of terminal acetylenes is 1. The van der Waals surface area contributed by atoms with Crippen LogP contribution in [-0.4, -0.2) is 46.6 Å². The van der Waals surface area contributed by atoms with Crippen molar-refractivity contribution in [2.24, 2.45) is 0 Å². The molecule has 0 aliphatic heterocycles. The van der Waals surface area contributed by atoms with Crippen LogP contribution < -0.4 is 0 Å². The topological polar surface area (TPSA) is 56.6 Å². The van der Waals surface area contributed by atoms with Crippen molar-refractivity contribution >= 4 is 6.09 Å². The molecule has 0 atom stereocenters. The van der Waals surface area contributed by atoms with Crippen LogP contribution in [0.25, 0.3) is 0 Å². The summed E-state index contributed by atoms with van der Waals surface area (Å²) in [7, 11) is 1.59. The van der Waals surface area contributed by atoms with Crippen LogP contribution in [0.4, 0.5) is 4.79 Å². The van der Waals surface area contributed by atoms with E-state index in [0.29, 0.717) is 26.2 Å². The molecule has 6 heteroatoms. The minimum atomic E-state index is -0.536. The molecule has 0 bridgehead atoms. The first-order valence-corrected chi connectivity index (χ1v) is 6.78. The maximum atomic E-state index is 12.2. The Bertz CT molecular complexity index is 497. The molecule has 0 fully saturated rings. The van der Waals surface area contributed by atoms with Gasteiger partial charge < -0.3 is 9.47 Å². The van der Waals surface area contributed by atoms with Gasteiger partial charge in [0.25, 0.3) is 0 Å². The van der Waals surface area contributed by atoms with Gasteiger partial charge in [0, 0.05) is 19.9 Å². The molecule has 1 heterocycles. The Labute approximate surface area is 126 Å². The van der Waals surface area contributed by atoms with E-state index in [1.165, 1.54) is 0 Å². The molecule has 1 amide bonds. The quantitative estimate of drug-likeness (QED) is 0.752. The molecule has 0 aliphatic carbocycles. The molecule has 0 spiro atoms. The molecule has 0 saturated heterocycles. The number of methoxy groups -OCH3 is 1. The molecule has 0 aliphatic rings. The van der Waals surface area contributed by atoms with Gasteiger partial charge >= 0.3 is 6.09 Å². The van der Waals surface area contributed by atoms with Gasteiger partial charge in [0.15, 0.2) is 0 Å². The maximum Gasteiger partial charge on any atom is 0.410 e. The van der Waals surface area contributed by atoms with Crippen LogP contribution in [0.5, 0.6) is 0 Å². The summed E-state index contributed by atoms with van der Waals surface area (Å²) < 4.78 is 12.1. The fraction of sp³-hybridized carbons (Fsp3) is 0.600. The smallest absolute Gasteiger partial charge is 0.410 e. The van der Waals surface area contributed by atoms with Crippen LogP contribution in [0.15, 0.2) is 12.3 Å². The maximum absolute atomic E-state index is 12.2. The van der Waals surface area contributed by atoms with Gasteiger partial charge in [-0.1, -0.05) is 5.92 Å². The zero-order valence-corrected chi connectivity index (χ0v) is 13.1. The summed E-state index contributed by atoms with van der Waals surface area (Å²) in [6.45, 7) is 7.14. The molecule has 1 aromatic heterocycles. The SMILES string of the molecule is C#CCn1ccc(CN(CCOC)C(=O)OC(C)(C)C)n1. The first kappa shape index (κ1) is 17.1. The second kappa shape index (κ2) is 7.70. The number of rotatable bonds is 6. The molecule has 0 saturated carbocycles. The Morgan fingerprint density at radius 3 is 2.81 bits per heavy atom. The Morgan fingerprint density at radius 1 is 1.52 bits per heavy atom. The number of aromatic nitrogens is 2. The van der Waals surface area contributed by atoms with Crippen LogP contribution in [-0.2, 0) is 22.6 Å². The highest BCUT2D eigenvalue weighted by Crippen LogP contribution is 2.12. The lowest BCUT2D eigenvalue weighted by atomic mass is 10.2. The highest BCUT2D eigenvalue weighted by molar-refractivity contribution is 5.68. The van der Waals surface area contributed by atoms with Crippen molar-refractivity contribution in [3.05, 3.63) is 18.0 Å². The lowest BCUT2D eigenvalue weighted by molar-refractivity contribution is 0.0181. The number of amides is 1. The second-order valence-corrected chi connectivity index (χ2v) is 5.60. The van der Waals surface area contributed by atoms with Crippen molar-refractivity contribution in [3.63, 3.8) is 0 Å². The van der Waals surface area contributed by atoms with Crippen LogP contribution in [0.3, 0.4) is 0 Å². The van der Waals surface area contributed by atoms with Gasteiger partial charge in [-0.3, -0.25) is 9.58 Å². The van der Waals surface area contributed by atoms with Crippen molar-refractivity contribution in [1.82, 2.24) is 14.7 Å². The van der Waals surface area contributed by atoms with E-state index in [4.69, 9.17) is 15.9 Å². The Hall–Kier alpha value is -2.00. The molecular formula is C15H23N3O3. The standard InChI is InChI=1S/C15H23N3O3/c1-6-8-18-9-7-13(16-18)12-17(10-11-20-5)14(19)21-15(2,3)4/h1,7,9H,8,10-12H2,2-5H3. The monoisotopic (exact) mass is 293 g/mol. The molecule has 21 heavy (non-hydrogen) atoms. The number of hydrogen-bond acceptors (Lipinski definition) is 4. The van der Waals surface area contributed by atoms with Crippen molar-refractivity contribution in [1.29, 1.82) is 0 Å². The third-order valence-electron chi connectivity index (χ3n) is 2.52. The Morgan fingerprint density at radius 2 is 2.24 bits per heavy atom. The summed E-state index contributed by atoms with van der Waals surface area (Å²) in [6, 6.07) is 1.83. The van der Waals surface area contributed by atoms with Crippen molar-refractivity contribution in [2.45, 2.75) is 39.5 Å². The molecule has 0 N–H and O–H groups in total. The normalized spacial score (nSPS) is 11.0. The number of nitrogens with zero attached hydrogens (tertiary/aromatic N) is 3. The van der Waals surface area contributed by atoms with Crippen LogP contribution in [0, 0.1) is 12.3 Å². The molecule has 1 aromatic rings. The van der Waals surface area contributed by atoms with E-state index in [1.807, 2.05) is 26.8 Å². The highest BCUT2D eigenvalue weighted by atomic mass is 16.6. The van der Waals surface area contributed by atoms with Crippen LogP contribution >= 0.6 is 0 Å². The summed E-state index contributed by atoms with van der Waals surface area (Å²) in [5.41, 5.74) is 0.220. The van der Waals surface area contributed by atoms with Gasteiger partial charge in [-0.2, -0.15) is 5.10 Å². The summed E-state index contributed by atoms with van der Waals surface area (Å²) in [4.78, 5) is 13.7. The van der Waals surface area contributed by atoms with Crippen molar-refractivity contribution in [2.75, 3.05) is 20.3 Å². The van der Waals surface area contributed by atoms with Gasteiger partial charge in [-0.25, -0.2) is 4.79 Å². The molecule has 116 valence electrons. The van der Waals surface area contributed by atoms with E-state index in [2.05, 4.69) is 11.0 Å². The first-order valence-electron chi connectivity index (χ1n) is 6.78. The lowest BCUT2D eigenvalue weighted by Crippen LogP contribution is -2.38. The lowest BCUT2D eigenvalue weighted by Gasteiger charge is -2.26. The largest absolute Gasteiger partial charge is 0.444 e. The van der Waals surface area contributed by atoms with E-state index in [9.17, 15) is 4.79 Å². The molecule has 0 aromatic carbocycles. The molecule has 6 nitrogen and oxygen atoms in total. The third kappa shape index (κ3) is 6.32. The van der Waals surface area contributed by atoms with E-state index < -0.39 is 5.60 Å². The van der Waals surface area contributed by atoms with Crippen molar-refractivity contribution in [3.8, 4) is 12.3 Å². The zero-order chi connectivity index (χ0) is 15.9. The van der Waals surface area contributed by atoms with Gasteiger partial charge in [0.05, 0.1) is 18.8 Å². The predicted molar refractivity (Wildman–Crippen MR) is 79.6 cm³/mol. The molecular weight excluding hydrogens is 270 g/mol. The molecule has 1 rings (SSSR count). The van der Waals surface area contributed by atoms with E-state index in [-0.39, 0.29) is 6.09 Å². The third-order valence-corrected chi connectivity index (χ3v) is 2.52. The van der Waals surface area contributed by atoms with Gasteiger partial charge in [-0.15, -0.1) is 6.42 Å². The minimum Gasteiger partial charge on any atom is -0.444 e. The minimum absolute atomic E-state index is 0.357. The van der Waals surface area contributed by atoms with Gasteiger partial charge in [0.1, 0.15) is 12.1 Å². The summed E-state index contributed by atoms with van der Waals surface area (Å²) >= 11 is 0. The number of ether oxygens (including phenoxy) is 2. The predicted octanol–water partition coefficient (Wildman–Crippen LogP) is 1.90. The van der Waals surface area contributed by atoms with Gasteiger partial charge in [-0.05, 0) is 26.8 Å². The second-order valence-electron chi connectivity index (χ2n) is 5.60. The summed E-state index contributed by atoms with van der Waals surface area (Å²) in [6.07, 6.45) is 6.65. The molecule has 0 unspecified atom stereocenters. The van der Waals surface area contributed by atoms with E-state index >= 15 is 0 Å². The summed E-state index contributed by atoms with van der Waals surface area (Å²) in [5.74, 6) is 2.51. The van der Waals surface area contributed by atoms with Crippen LogP contribution in [0.2, 0.25) is 0 Å². The van der Waals surface area contributed by atoms with E-state index in [0.717, 1.165) is 5.69 Å². The van der Waals surface area contributed by atoms with Gasteiger partial charge in [0.2, 0.25) is 0 Å². The fourth-order valence-electron chi connectivity index (χ4n) is 1.63. The van der Waals surface area contributed by atoms with Crippen molar-refractivity contribution < 1.29 is 14.3 Å². The van der Waals surface area contributed by atoms with Crippen LogP contribution in [0.1, 0.15) is 26.5 Å². The zero-order valence-electron chi connectivity index (χ0n) is 13.1. The first-order chi connectivity index (χ1) is 9.85. The van der Waals surface area contributed by atoms with E-state index in [1.54, 1.807) is 22.9 Å². The average molecular weight is 293 g/mol. The average Bonchev–Trinajstić information content (AvgIpc) is 2.80. The summed E-state index contributed by atoms with van der Waals surface area (Å²) in [5, 5.41) is 4.31.